The number of benzene rings is 2. The zero-order valence-corrected chi connectivity index (χ0v) is 20.8. The van der Waals surface area contributed by atoms with Crippen molar-refractivity contribution in [1.29, 1.82) is 0 Å². The quantitative estimate of drug-likeness (QED) is 0.188. The smallest absolute Gasteiger partial charge is 0.357 e. The predicted molar refractivity (Wildman–Crippen MR) is 137 cm³/mol. The van der Waals surface area contributed by atoms with Gasteiger partial charge in [0.2, 0.25) is 5.13 Å². The minimum Gasteiger partial charge on any atom is -0.507 e. The van der Waals surface area contributed by atoms with Crippen molar-refractivity contribution in [1.82, 2.24) is 4.98 Å². The monoisotopic (exact) mass is 476 g/mol. The minimum atomic E-state index is -0.497. The Hall–Kier alpha value is -3.58. The number of aliphatic imine (C=N–C) groups is 1. The average molecular weight is 477 g/mol. The Kier molecular flexibility index (Phi) is 7.79. The summed E-state index contributed by atoms with van der Waals surface area (Å²) >= 11 is 1.21. The lowest BCUT2D eigenvalue weighted by Crippen LogP contribution is -2.12. The van der Waals surface area contributed by atoms with Crippen LogP contribution < -0.4 is 0 Å². The lowest BCUT2D eigenvalue weighted by molar-refractivity contribution is 0.0520. The fraction of sp³-hybridized carbons (Fsp3) is 0.259. The third-order valence-electron chi connectivity index (χ3n) is 5.02. The second-order valence-electron chi connectivity index (χ2n) is 8.81. The number of allylic oxidation sites excluding steroid dienone is 1. The molecule has 0 fully saturated rings. The van der Waals surface area contributed by atoms with Crippen LogP contribution in [0.15, 0.2) is 52.8 Å². The molecule has 3 aromatic rings. The number of phenolic OH excluding ortho intramolecular Hbond substituents is 1. The van der Waals surface area contributed by atoms with Gasteiger partial charge in [0, 0.05) is 28.3 Å². The Morgan fingerprint density at radius 3 is 2.53 bits per heavy atom. The van der Waals surface area contributed by atoms with Crippen LogP contribution in [0.25, 0.3) is 6.08 Å². The van der Waals surface area contributed by atoms with Crippen molar-refractivity contribution in [3.05, 3.63) is 81.4 Å². The number of nitrogens with zero attached hydrogens (tertiary/aromatic N) is 2. The second kappa shape index (κ2) is 10.6. The topological polar surface area (TPSA) is 88.8 Å². The summed E-state index contributed by atoms with van der Waals surface area (Å²) in [5, 5.41) is 12.9. The number of ether oxygens (including phenoxy) is 1. The SMILES string of the molecule is CCOC(=O)c1csc(/N=C/c2cc(/C=C/C(=O)c3ccc(C)cc3)cc(C(C)(C)C)c2O)n1. The number of carbonyl (C=O) groups excluding carboxylic acids is 2. The van der Waals surface area contributed by atoms with E-state index in [0.29, 0.717) is 16.3 Å². The van der Waals surface area contributed by atoms with Crippen LogP contribution in [0.1, 0.15) is 70.8 Å². The number of carbonyl (C=O) groups is 2. The molecule has 0 aliphatic carbocycles. The number of aromatic hydroxyl groups is 1. The van der Waals surface area contributed by atoms with Crippen LogP contribution >= 0.6 is 11.3 Å². The Bertz CT molecular complexity index is 1250. The van der Waals surface area contributed by atoms with Gasteiger partial charge in [0.1, 0.15) is 5.75 Å². The van der Waals surface area contributed by atoms with Crippen LogP contribution in [-0.2, 0) is 10.2 Å². The number of aromatic nitrogens is 1. The molecule has 0 unspecified atom stereocenters. The highest BCUT2D eigenvalue weighted by atomic mass is 32.1. The standard InChI is InChI=1S/C27H28N2O4S/c1-6-33-25(32)22-16-34-26(29-22)28-15-20-13-18(14-21(24(20)31)27(3,4)5)9-12-23(30)19-10-7-17(2)8-11-19/h7-16,31H,6H2,1-5H3/b12-9+,28-15+. The molecule has 6 nitrogen and oxygen atoms in total. The summed E-state index contributed by atoms with van der Waals surface area (Å²) in [6, 6.07) is 11.0. The maximum absolute atomic E-state index is 12.6. The molecule has 0 aliphatic rings. The summed E-state index contributed by atoms with van der Waals surface area (Å²) in [7, 11) is 0. The molecule has 1 N–H and O–H groups in total. The normalized spacial score (nSPS) is 11.9. The van der Waals surface area contributed by atoms with Gasteiger partial charge in [0.25, 0.3) is 0 Å². The van der Waals surface area contributed by atoms with Gasteiger partial charge in [-0.05, 0) is 43.0 Å². The molecule has 0 amide bonds. The fourth-order valence-electron chi connectivity index (χ4n) is 3.18. The first-order valence-corrected chi connectivity index (χ1v) is 11.8. The van der Waals surface area contributed by atoms with Crippen LogP contribution in [-0.4, -0.2) is 34.7 Å². The fourth-order valence-corrected chi connectivity index (χ4v) is 3.81. The molecule has 176 valence electrons. The molecular formula is C27H28N2O4S. The van der Waals surface area contributed by atoms with E-state index >= 15 is 0 Å². The number of phenols is 1. The largest absolute Gasteiger partial charge is 0.507 e. The first-order chi connectivity index (χ1) is 16.1. The van der Waals surface area contributed by atoms with E-state index in [1.165, 1.54) is 23.6 Å². The summed E-state index contributed by atoms with van der Waals surface area (Å²) in [6.45, 7) is 9.97. The number of ketones is 1. The van der Waals surface area contributed by atoms with Crippen molar-refractivity contribution in [2.75, 3.05) is 6.61 Å². The van der Waals surface area contributed by atoms with Gasteiger partial charge < -0.3 is 9.84 Å². The number of hydrogen-bond acceptors (Lipinski definition) is 7. The maximum atomic E-state index is 12.6. The first kappa shape index (κ1) is 25.1. The Morgan fingerprint density at radius 1 is 1.18 bits per heavy atom. The van der Waals surface area contributed by atoms with E-state index in [-0.39, 0.29) is 29.2 Å². The van der Waals surface area contributed by atoms with Crippen LogP contribution in [0.3, 0.4) is 0 Å². The van der Waals surface area contributed by atoms with E-state index in [2.05, 4.69) is 9.98 Å². The summed E-state index contributed by atoms with van der Waals surface area (Å²) in [5.74, 6) is -0.487. The second-order valence-corrected chi connectivity index (χ2v) is 9.65. The van der Waals surface area contributed by atoms with Gasteiger partial charge in [-0.25, -0.2) is 14.8 Å². The zero-order chi connectivity index (χ0) is 24.9. The van der Waals surface area contributed by atoms with E-state index in [4.69, 9.17) is 4.74 Å². The molecule has 34 heavy (non-hydrogen) atoms. The Balaban J connectivity index is 1.92. The third kappa shape index (κ3) is 6.26. The van der Waals surface area contributed by atoms with Crippen molar-refractivity contribution in [2.45, 2.75) is 40.0 Å². The average Bonchev–Trinajstić information content (AvgIpc) is 3.26. The van der Waals surface area contributed by atoms with Gasteiger partial charge in [0.05, 0.1) is 6.61 Å². The van der Waals surface area contributed by atoms with Crippen molar-refractivity contribution in [3.63, 3.8) is 0 Å². The molecular weight excluding hydrogens is 448 g/mol. The van der Waals surface area contributed by atoms with Crippen LogP contribution in [0.2, 0.25) is 0 Å². The lowest BCUT2D eigenvalue weighted by atomic mass is 9.84. The van der Waals surface area contributed by atoms with E-state index in [0.717, 1.165) is 16.7 Å². The third-order valence-corrected chi connectivity index (χ3v) is 5.77. The number of thiazole rings is 1. The molecule has 1 aromatic heterocycles. The molecule has 0 bridgehead atoms. The van der Waals surface area contributed by atoms with Gasteiger partial charge >= 0.3 is 5.97 Å². The highest BCUT2D eigenvalue weighted by molar-refractivity contribution is 7.13. The van der Waals surface area contributed by atoms with Crippen molar-refractivity contribution in [3.8, 4) is 5.75 Å². The van der Waals surface area contributed by atoms with E-state index in [1.54, 1.807) is 36.6 Å². The predicted octanol–water partition coefficient (Wildman–Crippen LogP) is 6.28. The maximum Gasteiger partial charge on any atom is 0.357 e. The number of aryl methyl sites for hydroxylation is 1. The highest BCUT2D eigenvalue weighted by Crippen LogP contribution is 2.34. The van der Waals surface area contributed by atoms with E-state index in [9.17, 15) is 14.7 Å². The summed E-state index contributed by atoms with van der Waals surface area (Å²) in [6.07, 6.45) is 4.77. The van der Waals surface area contributed by atoms with Gasteiger partial charge in [0.15, 0.2) is 11.5 Å². The molecule has 0 saturated carbocycles. The molecule has 0 aliphatic heterocycles. The van der Waals surface area contributed by atoms with Gasteiger partial charge in [-0.2, -0.15) is 0 Å². The van der Waals surface area contributed by atoms with Crippen molar-refractivity contribution < 1.29 is 19.4 Å². The van der Waals surface area contributed by atoms with Crippen molar-refractivity contribution in [2.24, 2.45) is 4.99 Å². The summed E-state index contributed by atoms with van der Waals surface area (Å²) < 4.78 is 4.95. The lowest BCUT2D eigenvalue weighted by Gasteiger charge is -2.22. The van der Waals surface area contributed by atoms with Crippen LogP contribution in [0.4, 0.5) is 5.13 Å². The van der Waals surface area contributed by atoms with Gasteiger partial charge in [-0.1, -0.05) is 56.7 Å². The molecule has 0 radical (unpaired) electrons. The molecule has 0 atom stereocenters. The Labute approximate surface area is 203 Å². The summed E-state index contributed by atoms with van der Waals surface area (Å²) in [4.78, 5) is 32.9. The molecule has 1 heterocycles. The van der Waals surface area contributed by atoms with E-state index in [1.807, 2.05) is 45.9 Å². The molecule has 0 spiro atoms. The number of esters is 1. The minimum absolute atomic E-state index is 0.102. The van der Waals surface area contributed by atoms with Crippen LogP contribution in [0.5, 0.6) is 5.75 Å². The van der Waals surface area contributed by atoms with Gasteiger partial charge in [-0.3, -0.25) is 4.79 Å². The van der Waals surface area contributed by atoms with Gasteiger partial charge in [-0.15, -0.1) is 11.3 Å². The molecule has 2 aromatic carbocycles. The zero-order valence-electron chi connectivity index (χ0n) is 20.0. The molecule has 3 rings (SSSR count). The summed E-state index contributed by atoms with van der Waals surface area (Å²) in [5.41, 5.74) is 3.54. The Morgan fingerprint density at radius 2 is 1.88 bits per heavy atom. The van der Waals surface area contributed by atoms with Crippen LogP contribution in [0, 0.1) is 6.92 Å². The van der Waals surface area contributed by atoms with Crippen molar-refractivity contribution >= 4 is 40.5 Å². The molecule has 7 heteroatoms. The highest BCUT2D eigenvalue weighted by Gasteiger charge is 2.21. The first-order valence-electron chi connectivity index (χ1n) is 10.9. The number of hydrogen-bond donors (Lipinski definition) is 1. The number of rotatable bonds is 7. The van der Waals surface area contributed by atoms with E-state index < -0.39 is 5.97 Å². The molecule has 0 saturated heterocycles.